The number of aryl methyl sites for hydroxylation is 1. The number of hydrogen-bond acceptors (Lipinski definition) is 7. The summed E-state index contributed by atoms with van der Waals surface area (Å²) in [5.41, 5.74) is 4.42. The van der Waals surface area contributed by atoms with Crippen LogP contribution >= 0.6 is 0 Å². The van der Waals surface area contributed by atoms with Gasteiger partial charge in [0.2, 0.25) is 0 Å². The van der Waals surface area contributed by atoms with E-state index >= 15 is 0 Å². The minimum absolute atomic E-state index is 0.0186. The van der Waals surface area contributed by atoms with Gasteiger partial charge in [0.25, 0.3) is 21.8 Å². The molecule has 0 aliphatic carbocycles. The SMILES string of the molecule is COc1ccc(C)cc1N(CC(=O)N/N=C\c1ccc(OCC(=O)Nc2ccc(F)cc2)cc1)S(=O)(=O)c1ccccc1. The number of amides is 2. The summed E-state index contributed by atoms with van der Waals surface area (Å²) in [5.74, 6) is -0.780. The molecule has 4 aromatic carbocycles. The summed E-state index contributed by atoms with van der Waals surface area (Å²) in [7, 11) is -2.71. The van der Waals surface area contributed by atoms with Crippen molar-refractivity contribution in [1.82, 2.24) is 5.43 Å². The van der Waals surface area contributed by atoms with Crippen molar-refractivity contribution in [3.63, 3.8) is 0 Å². The van der Waals surface area contributed by atoms with E-state index in [4.69, 9.17) is 9.47 Å². The first-order valence-corrected chi connectivity index (χ1v) is 14.4. The van der Waals surface area contributed by atoms with Gasteiger partial charge in [-0.25, -0.2) is 18.2 Å². The number of anilines is 2. The minimum atomic E-state index is -4.13. The number of carbonyl (C=O) groups excluding carboxylic acids is 2. The van der Waals surface area contributed by atoms with Gasteiger partial charge in [0.05, 0.1) is 23.9 Å². The normalized spacial score (nSPS) is 11.1. The maximum Gasteiger partial charge on any atom is 0.264 e. The van der Waals surface area contributed by atoms with E-state index < -0.39 is 34.2 Å². The van der Waals surface area contributed by atoms with Crippen LogP contribution in [-0.4, -0.2) is 46.7 Å². The van der Waals surface area contributed by atoms with Gasteiger partial charge in [-0.2, -0.15) is 5.10 Å². The van der Waals surface area contributed by atoms with E-state index in [2.05, 4.69) is 15.8 Å². The summed E-state index contributed by atoms with van der Waals surface area (Å²) in [6, 6.07) is 24.8. The second-order valence-electron chi connectivity index (χ2n) is 9.21. The van der Waals surface area contributed by atoms with Crippen LogP contribution in [0.4, 0.5) is 15.8 Å². The van der Waals surface area contributed by atoms with Crippen LogP contribution in [-0.2, 0) is 19.6 Å². The summed E-state index contributed by atoms with van der Waals surface area (Å²) in [5, 5.41) is 6.55. The Balaban J connectivity index is 1.38. The molecule has 222 valence electrons. The average Bonchev–Trinajstić information content (AvgIpc) is 3.01. The number of hydrazone groups is 1. The molecule has 0 spiro atoms. The number of nitrogens with one attached hydrogen (secondary N) is 2. The van der Waals surface area contributed by atoms with Crippen LogP contribution in [0.5, 0.6) is 11.5 Å². The number of ether oxygens (including phenoxy) is 2. The number of benzene rings is 4. The van der Waals surface area contributed by atoms with Crippen molar-refractivity contribution < 1.29 is 31.9 Å². The number of halogens is 1. The molecule has 2 amide bonds. The molecule has 0 radical (unpaired) electrons. The highest BCUT2D eigenvalue weighted by molar-refractivity contribution is 7.92. The van der Waals surface area contributed by atoms with Crippen molar-refractivity contribution in [2.24, 2.45) is 5.10 Å². The molecule has 0 saturated carbocycles. The third-order valence-electron chi connectivity index (χ3n) is 6.00. The Morgan fingerprint density at radius 2 is 1.63 bits per heavy atom. The fourth-order valence-corrected chi connectivity index (χ4v) is 5.33. The summed E-state index contributed by atoms with van der Waals surface area (Å²) in [6.45, 7) is 0.996. The molecule has 4 rings (SSSR count). The highest BCUT2D eigenvalue weighted by Gasteiger charge is 2.29. The lowest BCUT2D eigenvalue weighted by Crippen LogP contribution is -2.39. The smallest absolute Gasteiger partial charge is 0.264 e. The van der Waals surface area contributed by atoms with Crippen LogP contribution < -0.4 is 24.5 Å². The summed E-state index contributed by atoms with van der Waals surface area (Å²) in [4.78, 5) is 25.0. The molecule has 0 fully saturated rings. The Morgan fingerprint density at radius 3 is 2.30 bits per heavy atom. The second-order valence-corrected chi connectivity index (χ2v) is 11.1. The molecular formula is C31H29FN4O6S. The molecule has 0 atom stereocenters. The summed E-state index contributed by atoms with van der Waals surface area (Å²) >= 11 is 0. The van der Waals surface area contributed by atoms with Gasteiger partial charge >= 0.3 is 0 Å². The molecule has 0 bridgehead atoms. The number of rotatable bonds is 12. The third-order valence-corrected chi connectivity index (χ3v) is 7.78. The topological polar surface area (TPSA) is 126 Å². The van der Waals surface area contributed by atoms with Crippen molar-refractivity contribution in [1.29, 1.82) is 0 Å². The maximum atomic E-state index is 13.6. The number of hydrogen-bond donors (Lipinski definition) is 2. The van der Waals surface area contributed by atoms with Crippen LogP contribution in [0.3, 0.4) is 0 Å². The van der Waals surface area contributed by atoms with E-state index in [1.54, 1.807) is 67.6 Å². The van der Waals surface area contributed by atoms with E-state index in [9.17, 15) is 22.4 Å². The number of nitrogens with zero attached hydrogens (tertiary/aromatic N) is 2. The first kappa shape index (κ1) is 30.7. The van der Waals surface area contributed by atoms with Crippen molar-refractivity contribution >= 4 is 39.4 Å². The molecule has 0 saturated heterocycles. The first-order chi connectivity index (χ1) is 20.7. The Morgan fingerprint density at radius 1 is 0.930 bits per heavy atom. The van der Waals surface area contributed by atoms with E-state index in [0.29, 0.717) is 17.0 Å². The van der Waals surface area contributed by atoms with E-state index in [0.717, 1.165) is 9.87 Å². The third kappa shape index (κ3) is 8.39. The van der Waals surface area contributed by atoms with Gasteiger partial charge in [-0.3, -0.25) is 13.9 Å². The standard InChI is InChI=1S/C31H29FN4O6S/c1-22-8-17-29(41-2)28(18-22)36(43(39,40)27-6-4-3-5-7-27)20-30(37)35-33-19-23-9-15-26(16-10-23)42-21-31(38)34-25-13-11-24(32)12-14-25/h3-19H,20-21H2,1-2H3,(H,34,38)(H,35,37)/b33-19-. The molecule has 0 aliphatic rings. The zero-order valence-electron chi connectivity index (χ0n) is 23.4. The zero-order valence-corrected chi connectivity index (χ0v) is 24.2. The molecule has 10 nitrogen and oxygen atoms in total. The maximum absolute atomic E-state index is 13.6. The highest BCUT2D eigenvalue weighted by atomic mass is 32.2. The predicted octanol–water partition coefficient (Wildman–Crippen LogP) is 4.51. The Kier molecular flexibility index (Phi) is 10.1. The van der Waals surface area contributed by atoms with Crippen molar-refractivity contribution in [2.75, 3.05) is 29.9 Å². The van der Waals surface area contributed by atoms with E-state index in [-0.39, 0.29) is 22.9 Å². The quantitative estimate of drug-likeness (QED) is 0.181. The fraction of sp³-hybridized carbons (Fsp3) is 0.129. The van der Waals surface area contributed by atoms with E-state index in [1.165, 1.54) is 49.7 Å². The largest absolute Gasteiger partial charge is 0.495 e. The molecule has 4 aromatic rings. The van der Waals surface area contributed by atoms with Crippen molar-refractivity contribution in [3.05, 3.63) is 114 Å². The van der Waals surface area contributed by atoms with Crippen molar-refractivity contribution in [3.8, 4) is 11.5 Å². The van der Waals surface area contributed by atoms with Crippen LogP contribution in [0.25, 0.3) is 0 Å². The second kappa shape index (κ2) is 14.1. The fourth-order valence-electron chi connectivity index (χ4n) is 3.89. The van der Waals surface area contributed by atoms with Gasteiger partial charge in [-0.1, -0.05) is 24.3 Å². The molecule has 0 aliphatic heterocycles. The Bertz CT molecular complexity index is 1700. The first-order valence-electron chi connectivity index (χ1n) is 13.0. The van der Waals surface area contributed by atoms with Crippen LogP contribution in [0.15, 0.2) is 107 Å². The van der Waals surface area contributed by atoms with Crippen LogP contribution in [0.1, 0.15) is 11.1 Å². The monoisotopic (exact) mass is 604 g/mol. The van der Waals surface area contributed by atoms with Gasteiger partial charge in [0.1, 0.15) is 23.9 Å². The predicted molar refractivity (Wildman–Crippen MR) is 161 cm³/mol. The molecule has 0 heterocycles. The molecule has 0 aromatic heterocycles. The summed E-state index contributed by atoms with van der Waals surface area (Å²) in [6.07, 6.45) is 1.38. The van der Waals surface area contributed by atoms with Gasteiger partial charge in [-0.05, 0) is 90.8 Å². The zero-order chi connectivity index (χ0) is 30.8. The molecule has 12 heteroatoms. The number of sulfonamides is 1. The van der Waals surface area contributed by atoms with Gasteiger partial charge in [0, 0.05) is 5.69 Å². The Labute approximate surface area is 248 Å². The van der Waals surface area contributed by atoms with Gasteiger partial charge in [-0.15, -0.1) is 0 Å². The molecule has 43 heavy (non-hydrogen) atoms. The lowest BCUT2D eigenvalue weighted by atomic mass is 10.2. The molecule has 2 N–H and O–H groups in total. The number of methoxy groups -OCH3 is 1. The number of carbonyl (C=O) groups is 2. The van der Waals surface area contributed by atoms with Crippen molar-refractivity contribution in [2.45, 2.75) is 11.8 Å². The van der Waals surface area contributed by atoms with E-state index in [1.807, 2.05) is 0 Å². The summed E-state index contributed by atoms with van der Waals surface area (Å²) < 4.78 is 52.0. The molecular weight excluding hydrogens is 575 g/mol. The Hall–Kier alpha value is -5.23. The lowest BCUT2D eigenvalue weighted by Gasteiger charge is -2.25. The minimum Gasteiger partial charge on any atom is -0.495 e. The highest BCUT2D eigenvalue weighted by Crippen LogP contribution is 2.33. The van der Waals surface area contributed by atoms with Gasteiger partial charge < -0.3 is 14.8 Å². The average molecular weight is 605 g/mol. The lowest BCUT2D eigenvalue weighted by molar-refractivity contribution is -0.119. The molecule has 0 unspecified atom stereocenters. The van der Waals surface area contributed by atoms with Gasteiger partial charge in [0.15, 0.2) is 6.61 Å². The van der Waals surface area contributed by atoms with Crippen LogP contribution in [0, 0.1) is 12.7 Å². The van der Waals surface area contributed by atoms with Crippen LogP contribution in [0.2, 0.25) is 0 Å².